The minimum atomic E-state index is -0.122. The molecule has 3 rings (SSSR count). The van der Waals surface area contributed by atoms with Crippen LogP contribution >= 0.6 is 0 Å². The maximum absolute atomic E-state index is 11.9. The molecule has 6 heteroatoms. The van der Waals surface area contributed by atoms with Crippen molar-refractivity contribution in [3.05, 3.63) is 53.5 Å². The normalized spacial score (nSPS) is 19.4. The summed E-state index contributed by atoms with van der Waals surface area (Å²) >= 11 is 0. The Kier molecular flexibility index (Phi) is 4.88. The number of carbonyl (C=O) groups excluding carboxylic acids is 1. The Morgan fingerprint density at radius 2 is 2.08 bits per heavy atom. The van der Waals surface area contributed by atoms with Gasteiger partial charge in [0.2, 0.25) is 0 Å². The highest BCUT2D eigenvalue weighted by atomic mass is 16.2. The van der Waals surface area contributed by atoms with Gasteiger partial charge in [-0.2, -0.15) is 5.10 Å². The lowest BCUT2D eigenvalue weighted by atomic mass is 9.96. The topological polar surface area (TPSA) is 71.8 Å². The van der Waals surface area contributed by atoms with Crippen LogP contribution in [0.4, 0.5) is 4.79 Å². The van der Waals surface area contributed by atoms with Crippen molar-refractivity contribution >= 4 is 6.03 Å². The van der Waals surface area contributed by atoms with Crippen molar-refractivity contribution in [3.63, 3.8) is 0 Å². The van der Waals surface area contributed by atoms with E-state index in [-0.39, 0.29) is 24.0 Å². The number of urea groups is 1. The number of aromatic nitrogens is 3. The minimum Gasteiger partial charge on any atom is -0.336 e. The van der Waals surface area contributed by atoms with E-state index in [0.717, 1.165) is 23.6 Å². The first-order chi connectivity index (χ1) is 12.0. The predicted molar refractivity (Wildman–Crippen MR) is 97.9 cm³/mol. The maximum Gasteiger partial charge on any atom is 0.315 e. The molecule has 6 nitrogen and oxygen atoms in total. The van der Waals surface area contributed by atoms with Crippen molar-refractivity contribution < 1.29 is 4.79 Å². The summed E-state index contributed by atoms with van der Waals surface area (Å²) in [6, 6.07) is 5.86. The summed E-state index contributed by atoms with van der Waals surface area (Å²) in [7, 11) is 0. The summed E-state index contributed by atoms with van der Waals surface area (Å²) in [6.45, 7) is 8.00. The number of amides is 2. The fourth-order valence-electron chi connectivity index (χ4n) is 3.39. The molecule has 25 heavy (non-hydrogen) atoms. The second-order valence-corrected chi connectivity index (χ2v) is 6.79. The summed E-state index contributed by atoms with van der Waals surface area (Å²) in [4.78, 5) is 16.3. The highest BCUT2D eigenvalue weighted by Gasteiger charge is 2.27. The van der Waals surface area contributed by atoms with Crippen LogP contribution in [0.1, 0.15) is 43.1 Å². The first-order valence-corrected chi connectivity index (χ1v) is 8.68. The van der Waals surface area contributed by atoms with Crippen LogP contribution in [0.3, 0.4) is 0 Å². The van der Waals surface area contributed by atoms with Gasteiger partial charge in [-0.1, -0.05) is 18.2 Å². The van der Waals surface area contributed by atoms with Crippen LogP contribution in [0, 0.1) is 13.8 Å². The number of rotatable bonds is 4. The molecule has 132 valence electrons. The summed E-state index contributed by atoms with van der Waals surface area (Å²) < 4.78 is 1.89. The molecule has 0 fully saturated rings. The van der Waals surface area contributed by atoms with Crippen LogP contribution in [-0.4, -0.2) is 32.9 Å². The molecule has 2 aromatic heterocycles. The summed E-state index contributed by atoms with van der Waals surface area (Å²) in [5.41, 5.74) is 3.32. The Hall–Kier alpha value is -2.63. The van der Waals surface area contributed by atoms with E-state index in [1.165, 1.54) is 5.56 Å². The molecule has 2 atom stereocenters. The van der Waals surface area contributed by atoms with Crippen LogP contribution in [0.25, 0.3) is 5.82 Å². The zero-order valence-electron chi connectivity index (χ0n) is 15.2. The SMILES string of the molecule is Cc1nn(-c2ccccn2)c(C)c1[C@@H]1C=C[C@@H](NC(=O)NC(C)C)C1. The van der Waals surface area contributed by atoms with Gasteiger partial charge >= 0.3 is 6.03 Å². The van der Waals surface area contributed by atoms with E-state index in [9.17, 15) is 4.79 Å². The van der Waals surface area contributed by atoms with Crippen molar-refractivity contribution in [1.29, 1.82) is 0 Å². The van der Waals surface area contributed by atoms with E-state index in [2.05, 4.69) is 39.8 Å². The Balaban J connectivity index is 1.75. The van der Waals surface area contributed by atoms with Gasteiger partial charge in [0, 0.05) is 35.5 Å². The van der Waals surface area contributed by atoms with E-state index in [0.29, 0.717) is 0 Å². The lowest BCUT2D eigenvalue weighted by Crippen LogP contribution is -2.43. The third-order valence-corrected chi connectivity index (χ3v) is 4.40. The van der Waals surface area contributed by atoms with E-state index in [4.69, 9.17) is 0 Å². The van der Waals surface area contributed by atoms with Crippen LogP contribution in [0.2, 0.25) is 0 Å². The second-order valence-electron chi connectivity index (χ2n) is 6.79. The Morgan fingerprint density at radius 1 is 1.28 bits per heavy atom. The number of pyridine rings is 1. The van der Waals surface area contributed by atoms with Gasteiger partial charge in [-0.25, -0.2) is 14.5 Å². The molecule has 2 heterocycles. The predicted octanol–water partition coefficient (Wildman–Crippen LogP) is 3.00. The summed E-state index contributed by atoms with van der Waals surface area (Å²) in [5, 5.41) is 10.5. The molecule has 1 aliphatic carbocycles. The summed E-state index contributed by atoms with van der Waals surface area (Å²) in [6.07, 6.45) is 6.86. The van der Waals surface area contributed by atoms with Crippen molar-refractivity contribution in [1.82, 2.24) is 25.4 Å². The number of aryl methyl sites for hydroxylation is 1. The largest absolute Gasteiger partial charge is 0.336 e. The number of carbonyl (C=O) groups is 1. The highest BCUT2D eigenvalue weighted by molar-refractivity contribution is 5.74. The smallest absolute Gasteiger partial charge is 0.315 e. The molecule has 0 bridgehead atoms. The number of hydrogen-bond acceptors (Lipinski definition) is 3. The van der Waals surface area contributed by atoms with Gasteiger partial charge in [0.1, 0.15) is 0 Å². The maximum atomic E-state index is 11.9. The zero-order chi connectivity index (χ0) is 18.0. The van der Waals surface area contributed by atoms with E-state index < -0.39 is 0 Å². The number of nitrogens with one attached hydrogen (secondary N) is 2. The molecule has 0 aromatic carbocycles. The van der Waals surface area contributed by atoms with Gasteiger partial charge in [0.15, 0.2) is 5.82 Å². The Bertz CT molecular complexity index is 779. The van der Waals surface area contributed by atoms with Crippen molar-refractivity contribution in [2.24, 2.45) is 0 Å². The van der Waals surface area contributed by atoms with Gasteiger partial charge in [0.25, 0.3) is 0 Å². The third kappa shape index (κ3) is 3.73. The molecular formula is C19H25N5O. The lowest BCUT2D eigenvalue weighted by Gasteiger charge is -2.16. The van der Waals surface area contributed by atoms with Crippen molar-refractivity contribution in [2.75, 3.05) is 0 Å². The monoisotopic (exact) mass is 339 g/mol. The Labute approximate surface area is 148 Å². The molecule has 2 amide bonds. The van der Waals surface area contributed by atoms with Gasteiger partial charge in [-0.15, -0.1) is 0 Å². The van der Waals surface area contributed by atoms with Crippen molar-refractivity contribution in [3.8, 4) is 5.82 Å². The first kappa shape index (κ1) is 17.2. The highest BCUT2D eigenvalue weighted by Crippen LogP contribution is 2.33. The molecule has 0 saturated carbocycles. The zero-order valence-corrected chi connectivity index (χ0v) is 15.2. The van der Waals surface area contributed by atoms with Crippen LogP contribution < -0.4 is 10.6 Å². The van der Waals surface area contributed by atoms with Gasteiger partial charge in [-0.05, 0) is 46.2 Å². The quantitative estimate of drug-likeness (QED) is 0.841. The molecular weight excluding hydrogens is 314 g/mol. The second kappa shape index (κ2) is 7.09. The third-order valence-electron chi connectivity index (χ3n) is 4.40. The summed E-state index contributed by atoms with van der Waals surface area (Å²) in [5.74, 6) is 1.07. The number of allylic oxidation sites excluding steroid dienone is 1. The fourth-order valence-corrected chi connectivity index (χ4v) is 3.39. The van der Waals surface area contributed by atoms with E-state index in [1.807, 2.05) is 43.7 Å². The average molecular weight is 339 g/mol. The standard InChI is InChI=1S/C19H25N5O/c1-12(2)21-19(25)22-16-9-8-15(11-16)18-13(3)23-24(14(18)4)17-7-5-6-10-20-17/h5-10,12,15-16H,11H2,1-4H3,(H2,21,22,25)/t15-,16-/m1/s1. The van der Waals surface area contributed by atoms with Gasteiger partial charge in [0.05, 0.1) is 5.69 Å². The van der Waals surface area contributed by atoms with E-state index >= 15 is 0 Å². The molecule has 2 N–H and O–H groups in total. The average Bonchev–Trinajstić information content (AvgIpc) is 3.11. The molecule has 0 unspecified atom stereocenters. The molecule has 2 aromatic rings. The van der Waals surface area contributed by atoms with Crippen molar-refractivity contribution in [2.45, 2.75) is 52.1 Å². The van der Waals surface area contributed by atoms with Crippen LogP contribution in [0.5, 0.6) is 0 Å². The number of hydrogen-bond donors (Lipinski definition) is 2. The first-order valence-electron chi connectivity index (χ1n) is 8.68. The lowest BCUT2D eigenvalue weighted by molar-refractivity contribution is 0.236. The molecule has 0 aliphatic heterocycles. The number of nitrogens with zero attached hydrogens (tertiary/aromatic N) is 3. The van der Waals surface area contributed by atoms with Crippen LogP contribution in [0.15, 0.2) is 36.5 Å². The molecule has 1 aliphatic rings. The van der Waals surface area contributed by atoms with E-state index in [1.54, 1.807) is 6.20 Å². The Morgan fingerprint density at radius 3 is 2.76 bits per heavy atom. The molecule has 0 saturated heterocycles. The molecule has 0 radical (unpaired) electrons. The van der Waals surface area contributed by atoms with Crippen LogP contribution in [-0.2, 0) is 0 Å². The minimum absolute atomic E-state index is 0.0424. The fraction of sp³-hybridized carbons (Fsp3) is 0.421. The van der Waals surface area contributed by atoms with Gasteiger partial charge in [-0.3, -0.25) is 0 Å². The van der Waals surface area contributed by atoms with Gasteiger partial charge < -0.3 is 10.6 Å². The molecule has 0 spiro atoms.